The predicted octanol–water partition coefficient (Wildman–Crippen LogP) is 3.17. The fourth-order valence-corrected chi connectivity index (χ4v) is 5.79. The molecule has 0 spiro atoms. The number of piperidine rings is 1. The molecule has 4 rings (SSSR count). The van der Waals surface area contributed by atoms with Crippen LogP contribution in [0.3, 0.4) is 0 Å². The highest BCUT2D eigenvalue weighted by Crippen LogP contribution is 2.34. The molecule has 0 radical (unpaired) electrons. The van der Waals surface area contributed by atoms with Gasteiger partial charge in [-0.25, -0.2) is 8.42 Å². The zero-order chi connectivity index (χ0) is 23.8. The van der Waals surface area contributed by atoms with Crippen LogP contribution in [0.2, 0.25) is 0 Å². The third kappa shape index (κ3) is 4.60. The number of hydrogen-bond donors (Lipinski definition) is 1. The topological polar surface area (TPSA) is 96.0 Å². The van der Waals surface area contributed by atoms with E-state index >= 15 is 0 Å². The summed E-state index contributed by atoms with van der Waals surface area (Å²) in [5, 5.41) is 2.73. The van der Waals surface area contributed by atoms with Crippen molar-refractivity contribution in [3.63, 3.8) is 0 Å². The van der Waals surface area contributed by atoms with Crippen LogP contribution in [-0.4, -0.2) is 50.8 Å². The molecule has 8 nitrogen and oxygen atoms in total. The Morgan fingerprint density at radius 2 is 1.91 bits per heavy atom. The van der Waals surface area contributed by atoms with Crippen molar-refractivity contribution in [3.8, 4) is 5.75 Å². The summed E-state index contributed by atoms with van der Waals surface area (Å²) in [5.41, 5.74) is 2.26. The fourth-order valence-electron chi connectivity index (χ4n) is 4.29. The molecule has 1 fully saturated rings. The standard InChI is InChI=1S/C24H29N3O5S/c1-4-21-23(28)25-20-15-19(8-9-22(20)32-21)33(30,31)27-12-10-17(11-13-27)24(29)26(3)18-7-5-6-16(2)14-18/h5-9,14-15,17,21H,4,10-13H2,1-3H3,(H,25,28)/t21-/m1/s1. The number of hydrogen-bond acceptors (Lipinski definition) is 5. The van der Waals surface area contributed by atoms with Gasteiger partial charge in [-0.15, -0.1) is 0 Å². The third-order valence-electron chi connectivity index (χ3n) is 6.30. The van der Waals surface area contributed by atoms with Crippen LogP contribution in [0, 0.1) is 12.8 Å². The lowest BCUT2D eigenvalue weighted by atomic mass is 9.96. The van der Waals surface area contributed by atoms with Gasteiger partial charge in [0.25, 0.3) is 5.91 Å². The monoisotopic (exact) mass is 471 g/mol. The average Bonchev–Trinajstić information content (AvgIpc) is 2.82. The Bertz CT molecular complexity index is 1170. The van der Waals surface area contributed by atoms with Crippen LogP contribution >= 0.6 is 0 Å². The second-order valence-corrected chi connectivity index (χ2v) is 10.5. The summed E-state index contributed by atoms with van der Waals surface area (Å²) < 4.78 is 33.5. The number of nitrogens with zero attached hydrogens (tertiary/aromatic N) is 2. The minimum absolute atomic E-state index is 0.00299. The van der Waals surface area contributed by atoms with Gasteiger partial charge < -0.3 is 15.0 Å². The minimum Gasteiger partial charge on any atom is -0.478 e. The SMILES string of the molecule is CC[C@H]1Oc2ccc(S(=O)(=O)N3CCC(C(=O)N(C)c4cccc(C)c4)CC3)cc2NC1=O. The number of carbonyl (C=O) groups excluding carboxylic acids is 2. The highest BCUT2D eigenvalue weighted by Gasteiger charge is 2.34. The van der Waals surface area contributed by atoms with Crippen molar-refractivity contribution in [2.24, 2.45) is 5.92 Å². The Hall–Kier alpha value is -2.91. The first kappa shape index (κ1) is 23.3. The van der Waals surface area contributed by atoms with Gasteiger partial charge in [0.2, 0.25) is 15.9 Å². The molecule has 2 aromatic rings. The zero-order valence-electron chi connectivity index (χ0n) is 19.1. The Balaban J connectivity index is 1.44. The second-order valence-electron chi connectivity index (χ2n) is 8.58. The Labute approximate surface area is 194 Å². The number of benzene rings is 2. The van der Waals surface area contributed by atoms with Crippen molar-refractivity contribution in [2.45, 2.75) is 44.1 Å². The van der Waals surface area contributed by atoms with Gasteiger partial charge in [0.05, 0.1) is 10.6 Å². The van der Waals surface area contributed by atoms with Crippen LogP contribution in [-0.2, 0) is 19.6 Å². The molecule has 1 N–H and O–H groups in total. The van der Waals surface area contributed by atoms with E-state index < -0.39 is 16.1 Å². The van der Waals surface area contributed by atoms with E-state index in [2.05, 4.69) is 5.32 Å². The molecule has 2 aliphatic heterocycles. The van der Waals surface area contributed by atoms with E-state index in [1.165, 1.54) is 16.4 Å². The molecular formula is C24H29N3O5S. The molecule has 1 atom stereocenters. The van der Waals surface area contributed by atoms with Crippen LogP contribution in [0.1, 0.15) is 31.7 Å². The van der Waals surface area contributed by atoms with E-state index in [9.17, 15) is 18.0 Å². The van der Waals surface area contributed by atoms with Gasteiger partial charge >= 0.3 is 0 Å². The summed E-state index contributed by atoms with van der Waals surface area (Å²) in [6.07, 6.45) is 0.862. The van der Waals surface area contributed by atoms with Crippen LogP contribution in [0.25, 0.3) is 0 Å². The molecule has 0 unspecified atom stereocenters. The summed E-state index contributed by atoms with van der Waals surface area (Å²) in [6.45, 7) is 4.35. The molecule has 0 aliphatic carbocycles. The highest BCUT2D eigenvalue weighted by atomic mass is 32.2. The molecule has 2 amide bonds. The first-order chi connectivity index (χ1) is 15.7. The molecule has 9 heteroatoms. The molecule has 1 saturated heterocycles. The normalized spacial score (nSPS) is 19.4. The number of aryl methyl sites for hydroxylation is 1. The fraction of sp³-hybridized carbons (Fsp3) is 0.417. The molecule has 2 heterocycles. The molecule has 0 saturated carbocycles. The lowest BCUT2D eigenvalue weighted by Gasteiger charge is -2.33. The maximum absolute atomic E-state index is 13.2. The summed E-state index contributed by atoms with van der Waals surface area (Å²) in [7, 11) is -2.00. The smallest absolute Gasteiger partial charge is 0.265 e. The Kier molecular flexibility index (Phi) is 6.45. The Morgan fingerprint density at radius 3 is 2.58 bits per heavy atom. The maximum Gasteiger partial charge on any atom is 0.265 e. The van der Waals surface area contributed by atoms with E-state index in [1.807, 2.05) is 38.1 Å². The van der Waals surface area contributed by atoms with Crippen LogP contribution in [0.4, 0.5) is 11.4 Å². The van der Waals surface area contributed by atoms with Gasteiger partial charge in [0.1, 0.15) is 5.75 Å². The van der Waals surface area contributed by atoms with Crippen molar-refractivity contribution < 1.29 is 22.7 Å². The van der Waals surface area contributed by atoms with Crippen molar-refractivity contribution in [2.75, 3.05) is 30.4 Å². The number of rotatable bonds is 5. The summed E-state index contributed by atoms with van der Waals surface area (Å²) in [4.78, 5) is 26.8. The first-order valence-electron chi connectivity index (χ1n) is 11.2. The molecule has 2 aromatic carbocycles. The Morgan fingerprint density at radius 1 is 1.18 bits per heavy atom. The highest BCUT2D eigenvalue weighted by molar-refractivity contribution is 7.89. The number of sulfonamides is 1. The number of ether oxygens (including phenoxy) is 1. The number of carbonyl (C=O) groups is 2. The first-order valence-corrected chi connectivity index (χ1v) is 12.6. The quantitative estimate of drug-likeness (QED) is 0.723. The number of nitrogens with one attached hydrogen (secondary N) is 1. The van der Waals surface area contributed by atoms with Gasteiger partial charge in [0.15, 0.2) is 6.10 Å². The van der Waals surface area contributed by atoms with E-state index in [4.69, 9.17) is 4.74 Å². The van der Waals surface area contributed by atoms with Crippen molar-refractivity contribution in [1.82, 2.24) is 4.31 Å². The van der Waals surface area contributed by atoms with Gasteiger partial charge in [-0.1, -0.05) is 19.1 Å². The van der Waals surface area contributed by atoms with Crippen molar-refractivity contribution >= 4 is 33.2 Å². The molecule has 176 valence electrons. The zero-order valence-corrected chi connectivity index (χ0v) is 19.9. The van der Waals surface area contributed by atoms with Crippen molar-refractivity contribution in [3.05, 3.63) is 48.0 Å². The van der Waals surface area contributed by atoms with E-state index in [-0.39, 0.29) is 35.7 Å². The third-order valence-corrected chi connectivity index (χ3v) is 8.20. The molecule has 0 aromatic heterocycles. The van der Waals surface area contributed by atoms with Gasteiger partial charge in [0, 0.05) is 31.7 Å². The van der Waals surface area contributed by atoms with Crippen LogP contribution in [0.15, 0.2) is 47.4 Å². The average molecular weight is 472 g/mol. The van der Waals surface area contributed by atoms with Crippen LogP contribution in [0.5, 0.6) is 5.75 Å². The van der Waals surface area contributed by atoms with Crippen molar-refractivity contribution in [1.29, 1.82) is 0 Å². The molecule has 2 aliphatic rings. The van der Waals surface area contributed by atoms with Gasteiger partial charge in [-0.3, -0.25) is 9.59 Å². The molecule has 33 heavy (non-hydrogen) atoms. The van der Waals surface area contributed by atoms with Crippen LogP contribution < -0.4 is 15.0 Å². The number of fused-ring (bicyclic) bond motifs is 1. The van der Waals surface area contributed by atoms with E-state index in [1.54, 1.807) is 18.0 Å². The summed E-state index contributed by atoms with van der Waals surface area (Å²) in [6, 6.07) is 12.3. The lowest BCUT2D eigenvalue weighted by molar-refractivity contribution is -0.124. The largest absolute Gasteiger partial charge is 0.478 e. The van der Waals surface area contributed by atoms with Gasteiger partial charge in [-0.2, -0.15) is 4.31 Å². The second kappa shape index (κ2) is 9.15. The van der Waals surface area contributed by atoms with Gasteiger partial charge in [-0.05, 0) is 62.1 Å². The number of amides is 2. The molecule has 0 bridgehead atoms. The number of anilines is 2. The van der Waals surface area contributed by atoms with E-state index in [0.29, 0.717) is 30.7 Å². The predicted molar refractivity (Wildman–Crippen MR) is 126 cm³/mol. The summed E-state index contributed by atoms with van der Waals surface area (Å²) in [5.74, 6) is -0.0542. The lowest BCUT2D eigenvalue weighted by Crippen LogP contribution is -2.43. The maximum atomic E-state index is 13.2. The molecular weight excluding hydrogens is 442 g/mol. The minimum atomic E-state index is -3.76. The van der Waals surface area contributed by atoms with E-state index in [0.717, 1.165) is 11.3 Å². The summed E-state index contributed by atoms with van der Waals surface area (Å²) >= 11 is 0.